The first kappa shape index (κ1) is 7.88. The Morgan fingerprint density at radius 2 is 1.38 bits per heavy atom. The third-order valence-corrected chi connectivity index (χ3v) is 3.46. The first-order valence-electron chi connectivity index (χ1n) is 19.4. The molecule has 0 unspecified atom stereocenters. The van der Waals surface area contributed by atoms with Gasteiger partial charge in [-0.2, -0.15) is 0 Å². The van der Waals surface area contributed by atoms with Gasteiger partial charge in [-0.3, -0.25) is 0 Å². The maximum Gasteiger partial charge on any atom is 0.0836 e. The topological polar surface area (TPSA) is 25.8 Å². The number of pyridine rings is 2. The van der Waals surface area contributed by atoms with Crippen LogP contribution in [-0.2, 0) is 20.1 Å². The normalized spacial score (nSPS) is 19.9. The molecule has 0 aliphatic heterocycles. The Hall–Kier alpha value is -3.39. The van der Waals surface area contributed by atoms with Gasteiger partial charge in [0.2, 0.25) is 0 Å². The van der Waals surface area contributed by atoms with Gasteiger partial charge in [-0.1, -0.05) is 48.3 Å². The van der Waals surface area contributed by atoms with E-state index in [-0.39, 0.29) is 31.4 Å². The molecule has 5 aromatic rings. The molecule has 0 atom stereocenters. The van der Waals surface area contributed by atoms with Gasteiger partial charge in [0.25, 0.3) is 0 Å². The van der Waals surface area contributed by atoms with Gasteiger partial charge in [0.1, 0.15) is 0 Å². The van der Waals surface area contributed by atoms with Crippen LogP contribution in [0.3, 0.4) is 0 Å². The third-order valence-electron chi connectivity index (χ3n) is 3.46. The van der Waals surface area contributed by atoms with Crippen molar-refractivity contribution in [1.82, 2.24) is 9.97 Å². The summed E-state index contributed by atoms with van der Waals surface area (Å²) in [7, 11) is 0. The van der Waals surface area contributed by atoms with Crippen LogP contribution < -0.4 is 0 Å². The van der Waals surface area contributed by atoms with Gasteiger partial charge >= 0.3 is 0 Å². The van der Waals surface area contributed by atoms with Crippen molar-refractivity contribution in [2.45, 2.75) is 6.85 Å². The SMILES string of the molecule is [2H]c1[c-]c(-c2nc([2H])c(-c3c([2H])c([2H])c([2H])c([2H])c3[2H])c(C([2H])([2H])[2H])c2[2H])c([2H])c([2H])c1[2H].[2H]c1[c-]c(-c2nc([2H])c([2H])c([2H])c2[2H])c([2H])c([2H])c1[2H].[Ir]. The molecule has 2 aromatic heterocycles. The predicted octanol–water partition coefficient (Wildman–Crippen LogP) is 7.07. The van der Waals surface area contributed by atoms with E-state index in [1.807, 2.05) is 0 Å². The molecule has 0 N–H and O–H groups in total. The summed E-state index contributed by atoms with van der Waals surface area (Å²) in [6.45, 7) is -3.10. The molecule has 0 spiro atoms. The van der Waals surface area contributed by atoms with E-state index in [4.69, 9.17) is 30.2 Å². The number of benzene rings is 3. The summed E-state index contributed by atoms with van der Waals surface area (Å²) < 4.78 is 172. The van der Waals surface area contributed by atoms with Crippen LogP contribution in [0.5, 0.6) is 0 Å². The zero-order valence-corrected chi connectivity index (χ0v) is 18.1. The zero-order valence-electron chi connectivity index (χ0n) is 37.7. The van der Waals surface area contributed by atoms with E-state index >= 15 is 0 Å². The second-order valence-electron chi connectivity index (χ2n) is 5.39. The molecular formula is C29H22IrN2-2. The molecule has 0 saturated heterocycles. The number of hydrogen-bond acceptors (Lipinski definition) is 2. The summed E-state index contributed by atoms with van der Waals surface area (Å²) in [6, 6.07) is -5.76. The minimum atomic E-state index is -3.10. The Labute approximate surface area is 234 Å². The molecule has 2 heterocycles. The smallest absolute Gasteiger partial charge is 0.0836 e. The van der Waals surface area contributed by atoms with Gasteiger partial charge in [0.05, 0.1) is 15.1 Å². The largest absolute Gasteiger partial charge is 0.305 e. The van der Waals surface area contributed by atoms with Crippen molar-refractivity contribution >= 4 is 0 Å². The molecule has 0 fully saturated rings. The molecule has 32 heavy (non-hydrogen) atoms. The monoisotopic (exact) mass is 613 g/mol. The fourth-order valence-corrected chi connectivity index (χ4v) is 2.14. The first-order valence-corrected chi connectivity index (χ1v) is 8.39. The summed E-state index contributed by atoms with van der Waals surface area (Å²) in [6.07, 6.45) is -1.37. The first-order chi connectivity index (χ1) is 24.4. The van der Waals surface area contributed by atoms with Crippen LogP contribution in [0, 0.1) is 19.0 Å². The molecule has 5 rings (SSSR count). The zero-order chi connectivity index (χ0) is 40.3. The number of aromatic nitrogens is 2. The maximum absolute atomic E-state index is 8.48. The van der Waals surface area contributed by atoms with Gasteiger partial charge in [-0.25, -0.2) is 0 Å². The van der Waals surface area contributed by atoms with Crippen molar-refractivity contribution in [3.8, 4) is 33.6 Å². The van der Waals surface area contributed by atoms with Crippen molar-refractivity contribution in [2.24, 2.45) is 0 Å². The molecule has 2 nitrogen and oxygen atoms in total. The van der Waals surface area contributed by atoms with E-state index in [0.717, 1.165) is 0 Å². The molecule has 1 radical (unpaired) electrons. The Bertz CT molecular complexity index is 2250. The van der Waals surface area contributed by atoms with Gasteiger partial charge in [-0.05, 0) is 40.9 Å². The van der Waals surface area contributed by atoms with E-state index in [0.29, 0.717) is 0 Å². The van der Waals surface area contributed by atoms with Crippen LogP contribution in [0.1, 0.15) is 35.7 Å². The average molecular weight is 613 g/mol. The predicted molar refractivity (Wildman–Crippen MR) is 127 cm³/mol. The number of rotatable bonds is 3. The van der Waals surface area contributed by atoms with E-state index in [9.17, 15) is 0 Å². The van der Waals surface area contributed by atoms with Crippen LogP contribution >= 0.6 is 0 Å². The minimum absolute atomic E-state index is 0. The maximum atomic E-state index is 8.48. The van der Waals surface area contributed by atoms with Crippen LogP contribution in [0.25, 0.3) is 33.6 Å². The van der Waals surface area contributed by atoms with Crippen LogP contribution in [0.4, 0.5) is 0 Å². The van der Waals surface area contributed by atoms with Gasteiger partial charge in [0, 0.05) is 47.6 Å². The summed E-state index contributed by atoms with van der Waals surface area (Å²) in [4.78, 5) is 7.51. The fraction of sp³-hybridized carbons (Fsp3) is 0.0345. The van der Waals surface area contributed by atoms with E-state index in [2.05, 4.69) is 22.1 Å². The Morgan fingerprint density at radius 3 is 2.09 bits per heavy atom. The van der Waals surface area contributed by atoms with Gasteiger partial charge in [0.15, 0.2) is 0 Å². The summed E-state index contributed by atoms with van der Waals surface area (Å²) in [5.41, 5.74) is -3.51. The van der Waals surface area contributed by atoms with E-state index in [1.165, 1.54) is 0 Å². The summed E-state index contributed by atoms with van der Waals surface area (Å²) >= 11 is 0. The molecular weight excluding hydrogens is 569 g/mol. The van der Waals surface area contributed by atoms with E-state index in [1.54, 1.807) is 0 Å². The standard InChI is InChI=1S/C18H14N.C11H8N.Ir/c1-14-12-18(16-10-6-3-7-11-16)19-13-17(14)15-8-4-2-5-9-15;1-2-6-10(7-3-1)11-8-4-5-9-12-11;/h2-10,12-13H,1H3;1-6,8-9H;/q2*-1;/i1D3,2D,3D,4D,5D,6D,7D,8D,9D,10D,12D,13D;1D,2D,3D,4D,5D,6D,8D,9D;. The Kier molecular flexibility index (Phi) is 2.92. The van der Waals surface area contributed by atoms with Crippen molar-refractivity contribution in [3.05, 3.63) is 133 Å². The van der Waals surface area contributed by atoms with Crippen molar-refractivity contribution in [3.63, 3.8) is 0 Å². The summed E-state index contributed by atoms with van der Waals surface area (Å²) in [5.74, 6) is 0. The fourth-order valence-electron chi connectivity index (χ4n) is 2.14. The van der Waals surface area contributed by atoms with Crippen LogP contribution in [0.15, 0.2) is 115 Å². The molecule has 159 valence electrons. The molecule has 0 aliphatic rings. The Balaban J connectivity index is 0.000000320. The van der Waals surface area contributed by atoms with Crippen LogP contribution in [-0.4, -0.2) is 9.97 Å². The third kappa shape index (κ3) is 6.07. The van der Waals surface area contributed by atoms with Crippen molar-refractivity contribution < 1.29 is 50.3 Å². The van der Waals surface area contributed by atoms with Gasteiger partial charge in [-0.15, -0.1) is 71.6 Å². The molecule has 3 heteroatoms. The second-order valence-corrected chi connectivity index (χ2v) is 5.39. The minimum Gasteiger partial charge on any atom is -0.305 e. The molecule has 0 amide bonds. The van der Waals surface area contributed by atoms with Gasteiger partial charge < -0.3 is 9.97 Å². The molecule has 0 aliphatic carbocycles. The number of hydrogen-bond donors (Lipinski definition) is 0. The molecule has 0 bridgehead atoms. The summed E-state index contributed by atoms with van der Waals surface area (Å²) in [5, 5.41) is 0. The Morgan fingerprint density at radius 1 is 0.719 bits per heavy atom. The second kappa shape index (κ2) is 11.9. The van der Waals surface area contributed by atoms with Crippen LogP contribution in [0.2, 0.25) is 0 Å². The van der Waals surface area contributed by atoms with Crippen molar-refractivity contribution in [2.75, 3.05) is 0 Å². The quantitative estimate of drug-likeness (QED) is 0.204. The molecule has 3 aromatic carbocycles. The average Bonchev–Trinajstić information content (AvgIpc) is 3.09. The molecule has 0 saturated carbocycles. The van der Waals surface area contributed by atoms with E-state index < -0.39 is 150 Å². The number of nitrogens with zero attached hydrogens (tertiary/aromatic N) is 2. The van der Waals surface area contributed by atoms with Crippen molar-refractivity contribution in [1.29, 1.82) is 0 Å².